The van der Waals surface area contributed by atoms with Gasteiger partial charge in [-0.25, -0.2) is 17.4 Å². The van der Waals surface area contributed by atoms with E-state index in [9.17, 15) is 38.8 Å². The van der Waals surface area contributed by atoms with Crippen molar-refractivity contribution in [3.8, 4) is 5.75 Å². The van der Waals surface area contributed by atoms with E-state index in [-0.39, 0.29) is 0 Å². The van der Waals surface area contributed by atoms with Crippen LogP contribution < -0.4 is 4.18 Å². The Balaban J connectivity index is 2.28. The van der Waals surface area contributed by atoms with Gasteiger partial charge in [0.05, 0.1) is 6.61 Å². The summed E-state index contributed by atoms with van der Waals surface area (Å²) in [6, 6.07) is 0. The van der Waals surface area contributed by atoms with E-state index in [0.717, 1.165) is 0 Å². The van der Waals surface area contributed by atoms with Crippen molar-refractivity contribution in [2.24, 2.45) is 0 Å². The molecule has 1 atom stereocenters. The van der Waals surface area contributed by atoms with E-state index in [0.29, 0.717) is 0 Å². The molecule has 2 rings (SSSR count). The van der Waals surface area contributed by atoms with Crippen molar-refractivity contribution in [1.29, 1.82) is 0 Å². The van der Waals surface area contributed by atoms with E-state index >= 15 is 0 Å². The van der Waals surface area contributed by atoms with Gasteiger partial charge in [-0.05, 0) is 0 Å². The van der Waals surface area contributed by atoms with Gasteiger partial charge in [0.15, 0.2) is 0 Å². The zero-order chi connectivity index (χ0) is 17.6. The topological polar surface area (TPSA) is 96.0 Å². The zero-order valence-electron chi connectivity index (χ0n) is 10.6. The highest BCUT2D eigenvalue weighted by molar-refractivity contribution is 7.87. The van der Waals surface area contributed by atoms with Crippen LogP contribution >= 0.6 is 0 Å². The average Bonchev–Trinajstić information content (AvgIpc) is 2.77. The number of hydrogen-bond donors (Lipinski definition) is 0. The van der Waals surface area contributed by atoms with Gasteiger partial charge in [0, 0.05) is 0 Å². The summed E-state index contributed by atoms with van der Waals surface area (Å²) in [4.78, 5) is 0. The summed E-state index contributed by atoms with van der Waals surface area (Å²) < 4.78 is 122. The molecule has 14 heteroatoms. The Hall–Kier alpha value is -1.51. The van der Waals surface area contributed by atoms with Crippen LogP contribution in [0.5, 0.6) is 5.75 Å². The third-order valence-electron chi connectivity index (χ3n) is 2.43. The van der Waals surface area contributed by atoms with Crippen molar-refractivity contribution in [3.63, 3.8) is 0 Å². The van der Waals surface area contributed by atoms with Crippen LogP contribution in [0, 0.1) is 29.1 Å². The van der Waals surface area contributed by atoms with E-state index < -0.39 is 73.8 Å². The summed E-state index contributed by atoms with van der Waals surface area (Å²) in [5, 5.41) is 0. The number of halogens is 5. The van der Waals surface area contributed by atoms with Crippen molar-refractivity contribution in [2.45, 2.75) is 6.10 Å². The van der Waals surface area contributed by atoms with Crippen LogP contribution in [-0.4, -0.2) is 35.3 Å². The van der Waals surface area contributed by atoms with Crippen LogP contribution in [0.4, 0.5) is 22.0 Å². The number of hydrogen-bond acceptors (Lipinski definition) is 7. The highest BCUT2D eigenvalue weighted by Crippen LogP contribution is 2.30. The minimum atomic E-state index is -5.34. The largest absolute Gasteiger partial charge is 0.449 e. The highest BCUT2D eigenvalue weighted by Gasteiger charge is 2.36. The SMILES string of the molecule is O=S1(=O)CC(OS(=O)(=O)Oc2c(F)c(F)c(F)c(F)c2F)CO1. The summed E-state index contributed by atoms with van der Waals surface area (Å²) in [6.07, 6.45) is -1.61. The maximum absolute atomic E-state index is 13.3. The molecule has 1 aliphatic rings. The van der Waals surface area contributed by atoms with E-state index in [1.807, 2.05) is 0 Å². The summed E-state index contributed by atoms with van der Waals surface area (Å²) >= 11 is 0. The van der Waals surface area contributed by atoms with Crippen molar-refractivity contribution < 1.29 is 51.3 Å². The third kappa shape index (κ3) is 3.70. The number of rotatable bonds is 4. The second-order valence-electron chi connectivity index (χ2n) is 4.12. The molecule has 130 valence electrons. The molecule has 0 amide bonds. The molecular formula is C9H5F5O7S2. The Kier molecular flexibility index (Phi) is 4.53. The Morgan fingerprint density at radius 1 is 0.957 bits per heavy atom. The molecule has 1 aromatic carbocycles. The van der Waals surface area contributed by atoms with Crippen LogP contribution in [0.15, 0.2) is 0 Å². The van der Waals surface area contributed by atoms with Gasteiger partial charge in [-0.15, -0.1) is 0 Å². The van der Waals surface area contributed by atoms with Gasteiger partial charge in [0.2, 0.25) is 34.8 Å². The lowest BCUT2D eigenvalue weighted by atomic mass is 10.3. The van der Waals surface area contributed by atoms with Crippen molar-refractivity contribution >= 4 is 20.5 Å². The first-order valence-electron chi connectivity index (χ1n) is 5.45. The zero-order valence-corrected chi connectivity index (χ0v) is 12.2. The molecule has 1 fully saturated rings. The second kappa shape index (κ2) is 5.85. The third-order valence-corrected chi connectivity index (χ3v) is 4.59. The van der Waals surface area contributed by atoms with E-state index in [1.54, 1.807) is 0 Å². The van der Waals surface area contributed by atoms with Gasteiger partial charge in [-0.2, -0.15) is 25.6 Å². The normalized spacial score (nSPS) is 20.7. The van der Waals surface area contributed by atoms with Crippen LogP contribution in [0.3, 0.4) is 0 Å². The van der Waals surface area contributed by atoms with Gasteiger partial charge in [0.1, 0.15) is 11.9 Å². The molecule has 0 N–H and O–H groups in total. The summed E-state index contributed by atoms with van der Waals surface area (Å²) in [5.74, 6) is -15.5. The van der Waals surface area contributed by atoms with Gasteiger partial charge >= 0.3 is 10.4 Å². The van der Waals surface area contributed by atoms with E-state index in [1.165, 1.54) is 0 Å². The molecule has 1 aromatic rings. The van der Waals surface area contributed by atoms with Gasteiger partial charge in [0.25, 0.3) is 10.1 Å². The van der Waals surface area contributed by atoms with Gasteiger partial charge < -0.3 is 4.18 Å². The van der Waals surface area contributed by atoms with Crippen LogP contribution in [0.2, 0.25) is 0 Å². The fourth-order valence-electron chi connectivity index (χ4n) is 1.51. The smallest absolute Gasteiger partial charge is 0.355 e. The van der Waals surface area contributed by atoms with Crippen molar-refractivity contribution in [2.75, 3.05) is 12.4 Å². The lowest BCUT2D eigenvalue weighted by Crippen LogP contribution is -2.26. The molecule has 1 heterocycles. The molecule has 1 unspecified atom stereocenters. The minimum absolute atomic E-state index is 0.734. The predicted molar refractivity (Wildman–Crippen MR) is 60.4 cm³/mol. The molecule has 0 saturated carbocycles. The molecule has 23 heavy (non-hydrogen) atoms. The van der Waals surface area contributed by atoms with Crippen molar-refractivity contribution in [3.05, 3.63) is 29.1 Å². The fraction of sp³-hybridized carbons (Fsp3) is 0.333. The summed E-state index contributed by atoms with van der Waals surface area (Å²) in [5.41, 5.74) is 0. The minimum Gasteiger partial charge on any atom is -0.355 e. The van der Waals surface area contributed by atoms with Crippen LogP contribution in [-0.2, 0) is 28.9 Å². The second-order valence-corrected chi connectivity index (χ2v) is 6.98. The lowest BCUT2D eigenvalue weighted by molar-refractivity contribution is 0.165. The molecule has 0 radical (unpaired) electrons. The Morgan fingerprint density at radius 3 is 1.87 bits per heavy atom. The van der Waals surface area contributed by atoms with Crippen LogP contribution in [0.25, 0.3) is 0 Å². The number of benzene rings is 1. The first kappa shape index (κ1) is 17.8. The molecule has 7 nitrogen and oxygen atoms in total. The quantitative estimate of drug-likeness (QED) is 0.327. The van der Waals surface area contributed by atoms with Gasteiger partial charge in [-0.1, -0.05) is 0 Å². The average molecular weight is 384 g/mol. The highest BCUT2D eigenvalue weighted by atomic mass is 32.3. The predicted octanol–water partition coefficient (Wildman–Crippen LogP) is 0.751. The molecular weight excluding hydrogens is 379 g/mol. The molecule has 0 bridgehead atoms. The first-order valence-corrected chi connectivity index (χ1v) is 8.36. The van der Waals surface area contributed by atoms with E-state index in [2.05, 4.69) is 12.5 Å². The maximum atomic E-state index is 13.3. The van der Waals surface area contributed by atoms with Gasteiger partial charge in [-0.3, -0.25) is 4.18 Å². The van der Waals surface area contributed by atoms with Crippen molar-refractivity contribution in [1.82, 2.24) is 0 Å². The molecule has 0 spiro atoms. The fourth-order valence-corrected chi connectivity index (χ4v) is 3.51. The van der Waals surface area contributed by atoms with Crippen LogP contribution in [0.1, 0.15) is 0 Å². The Bertz CT molecular complexity index is 823. The summed E-state index contributed by atoms with van der Waals surface area (Å²) in [7, 11) is -9.38. The first-order chi connectivity index (χ1) is 10.4. The molecule has 1 saturated heterocycles. The monoisotopic (exact) mass is 384 g/mol. The molecule has 1 aliphatic heterocycles. The Labute approximate surface area is 126 Å². The lowest BCUT2D eigenvalue weighted by Gasteiger charge is -2.11. The summed E-state index contributed by atoms with van der Waals surface area (Å²) in [6.45, 7) is -0.734. The Morgan fingerprint density at radius 2 is 1.43 bits per heavy atom. The maximum Gasteiger partial charge on any atom is 0.449 e. The molecule has 0 aliphatic carbocycles. The molecule has 0 aromatic heterocycles. The van der Waals surface area contributed by atoms with E-state index in [4.69, 9.17) is 0 Å². The standard InChI is InChI=1S/C9H5F5O7S2/c10-4-5(11)7(13)9(8(14)6(4)12)21-23(17,18)20-3-1-19-22(15,16)2-3/h3H,1-2H2.